The first kappa shape index (κ1) is 13.9. The third-order valence-corrected chi connectivity index (χ3v) is 2.66. The van der Waals surface area contributed by atoms with Gasteiger partial charge in [0, 0.05) is 12.5 Å². The number of anilines is 1. The van der Waals surface area contributed by atoms with Crippen molar-refractivity contribution < 1.29 is 9.18 Å². The number of nitrogens with one attached hydrogen (secondary N) is 1. The molecule has 0 radical (unpaired) electrons. The van der Waals surface area contributed by atoms with Crippen molar-refractivity contribution in [3.63, 3.8) is 0 Å². The highest BCUT2D eigenvalue weighted by molar-refractivity contribution is 6.33. The molecule has 0 spiro atoms. The Kier molecular flexibility index (Phi) is 4.90. The molecule has 1 atom stereocenters. The van der Waals surface area contributed by atoms with Gasteiger partial charge in [-0.15, -0.1) is 0 Å². The molecule has 0 saturated carbocycles. The summed E-state index contributed by atoms with van der Waals surface area (Å²) in [5, 5.41) is 2.90. The average molecular weight is 259 g/mol. The van der Waals surface area contributed by atoms with Crippen molar-refractivity contribution in [2.24, 2.45) is 5.73 Å². The van der Waals surface area contributed by atoms with Crippen molar-refractivity contribution >= 4 is 23.2 Å². The molecule has 0 fully saturated rings. The number of benzene rings is 1. The van der Waals surface area contributed by atoms with Gasteiger partial charge in [-0.1, -0.05) is 11.6 Å². The van der Waals surface area contributed by atoms with E-state index < -0.39 is 5.82 Å². The van der Waals surface area contributed by atoms with Crippen LogP contribution in [-0.4, -0.2) is 11.9 Å². The first-order chi connectivity index (χ1) is 7.90. The van der Waals surface area contributed by atoms with Crippen LogP contribution in [0.15, 0.2) is 12.1 Å². The van der Waals surface area contributed by atoms with Crippen LogP contribution in [0, 0.1) is 12.7 Å². The van der Waals surface area contributed by atoms with Crippen molar-refractivity contribution in [1.29, 1.82) is 0 Å². The predicted molar refractivity (Wildman–Crippen MR) is 67.7 cm³/mol. The molecule has 1 amide bonds. The number of amides is 1. The molecular weight excluding hydrogens is 243 g/mol. The Morgan fingerprint density at radius 3 is 2.82 bits per heavy atom. The summed E-state index contributed by atoms with van der Waals surface area (Å²) in [6, 6.07) is 2.67. The van der Waals surface area contributed by atoms with Crippen LogP contribution >= 0.6 is 11.6 Å². The number of halogens is 2. The first-order valence-corrected chi connectivity index (χ1v) is 5.79. The summed E-state index contributed by atoms with van der Waals surface area (Å²) in [4.78, 5) is 11.5. The summed E-state index contributed by atoms with van der Waals surface area (Å²) >= 11 is 5.90. The summed E-state index contributed by atoms with van der Waals surface area (Å²) in [6.45, 7) is 3.44. The minimum absolute atomic E-state index is 0.0361. The summed E-state index contributed by atoms with van der Waals surface area (Å²) in [5.41, 5.74) is 6.29. The quantitative estimate of drug-likeness (QED) is 0.873. The summed E-state index contributed by atoms with van der Waals surface area (Å²) in [7, 11) is 0. The molecule has 0 aromatic heterocycles. The fourth-order valence-electron chi connectivity index (χ4n) is 1.31. The van der Waals surface area contributed by atoms with Gasteiger partial charge < -0.3 is 11.1 Å². The minimum atomic E-state index is -0.392. The van der Waals surface area contributed by atoms with Gasteiger partial charge >= 0.3 is 0 Å². The highest BCUT2D eigenvalue weighted by Gasteiger charge is 2.09. The van der Waals surface area contributed by atoms with E-state index in [1.165, 1.54) is 12.1 Å². The summed E-state index contributed by atoms with van der Waals surface area (Å²) in [6.07, 6.45) is 0.876. The fourth-order valence-corrected chi connectivity index (χ4v) is 1.58. The second kappa shape index (κ2) is 5.98. The number of aryl methyl sites for hydroxylation is 1. The van der Waals surface area contributed by atoms with E-state index in [4.69, 9.17) is 17.3 Å². The zero-order valence-electron chi connectivity index (χ0n) is 9.89. The predicted octanol–water partition coefficient (Wildman–Crippen LogP) is 2.85. The second-order valence-corrected chi connectivity index (χ2v) is 4.55. The zero-order chi connectivity index (χ0) is 13.0. The largest absolute Gasteiger partial charge is 0.328 e. The number of rotatable bonds is 4. The van der Waals surface area contributed by atoms with Crippen molar-refractivity contribution in [3.8, 4) is 0 Å². The monoisotopic (exact) mass is 258 g/mol. The van der Waals surface area contributed by atoms with Gasteiger partial charge in [-0.3, -0.25) is 4.79 Å². The molecule has 0 aliphatic heterocycles. The Labute approximate surface area is 105 Å². The van der Waals surface area contributed by atoms with E-state index in [0.717, 1.165) is 0 Å². The standard InChI is InChI=1S/C12H16ClFN2O/c1-7-5-9(13)11(6-10(7)14)16-12(17)4-3-8(2)15/h5-6,8H,3-4,15H2,1-2H3,(H,16,17). The lowest BCUT2D eigenvalue weighted by molar-refractivity contribution is -0.116. The van der Waals surface area contributed by atoms with Crippen molar-refractivity contribution in [3.05, 3.63) is 28.5 Å². The number of hydrogen-bond donors (Lipinski definition) is 2. The van der Waals surface area contributed by atoms with E-state index >= 15 is 0 Å². The molecule has 0 bridgehead atoms. The molecule has 3 N–H and O–H groups in total. The Morgan fingerprint density at radius 2 is 2.24 bits per heavy atom. The number of nitrogens with two attached hydrogens (primary N) is 1. The first-order valence-electron chi connectivity index (χ1n) is 5.41. The molecule has 0 aliphatic carbocycles. The van der Waals surface area contributed by atoms with E-state index in [1.54, 1.807) is 6.92 Å². The van der Waals surface area contributed by atoms with Crippen LogP contribution in [-0.2, 0) is 4.79 Å². The molecule has 94 valence electrons. The van der Waals surface area contributed by atoms with E-state index in [9.17, 15) is 9.18 Å². The van der Waals surface area contributed by atoms with Crippen LogP contribution in [0.25, 0.3) is 0 Å². The van der Waals surface area contributed by atoms with Crippen LogP contribution in [0.1, 0.15) is 25.3 Å². The molecule has 0 heterocycles. The Hall–Kier alpha value is -1.13. The molecule has 5 heteroatoms. The smallest absolute Gasteiger partial charge is 0.224 e. The molecule has 1 unspecified atom stereocenters. The van der Waals surface area contributed by atoms with Gasteiger partial charge in [0.05, 0.1) is 10.7 Å². The number of hydrogen-bond acceptors (Lipinski definition) is 2. The molecular formula is C12H16ClFN2O. The maximum Gasteiger partial charge on any atom is 0.224 e. The van der Waals surface area contributed by atoms with Crippen LogP contribution in [0.3, 0.4) is 0 Å². The third-order valence-electron chi connectivity index (χ3n) is 2.35. The highest BCUT2D eigenvalue weighted by Crippen LogP contribution is 2.25. The summed E-state index contributed by atoms with van der Waals surface area (Å²) in [5.74, 6) is -0.607. The molecule has 17 heavy (non-hydrogen) atoms. The second-order valence-electron chi connectivity index (χ2n) is 4.15. The van der Waals surface area contributed by atoms with E-state index in [-0.39, 0.29) is 11.9 Å². The Morgan fingerprint density at radius 1 is 1.59 bits per heavy atom. The molecule has 3 nitrogen and oxygen atoms in total. The van der Waals surface area contributed by atoms with Crippen LogP contribution in [0.5, 0.6) is 0 Å². The maximum absolute atomic E-state index is 13.3. The maximum atomic E-state index is 13.3. The van der Waals surface area contributed by atoms with E-state index in [0.29, 0.717) is 29.1 Å². The SMILES string of the molecule is Cc1cc(Cl)c(NC(=O)CCC(C)N)cc1F. The van der Waals surface area contributed by atoms with Crippen molar-refractivity contribution in [1.82, 2.24) is 0 Å². The lowest BCUT2D eigenvalue weighted by Crippen LogP contribution is -2.19. The average Bonchev–Trinajstić information content (AvgIpc) is 2.23. The number of carbonyl (C=O) groups excluding carboxylic acids is 1. The van der Waals surface area contributed by atoms with Gasteiger partial charge in [0.15, 0.2) is 0 Å². The fraction of sp³-hybridized carbons (Fsp3) is 0.417. The molecule has 1 rings (SSSR count). The van der Waals surface area contributed by atoms with Gasteiger partial charge in [-0.05, 0) is 38.0 Å². The van der Waals surface area contributed by atoms with Gasteiger partial charge in [0.1, 0.15) is 5.82 Å². The molecule has 0 aliphatic rings. The Bertz CT molecular complexity index is 421. The minimum Gasteiger partial charge on any atom is -0.328 e. The van der Waals surface area contributed by atoms with Crippen LogP contribution in [0.4, 0.5) is 10.1 Å². The van der Waals surface area contributed by atoms with Gasteiger partial charge in [-0.25, -0.2) is 4.39 Å². The normalized spacial score (nSPS) is 12.3. The van der Waals surface area contributed by atoms with Crippen molar-refractivity contribution in [2.45, 2.75) is 32.7 Å². The third kappa shape index (κ3) is 4.32. The van der Waals surface area contributed by atoms with Crippen LogP contribution < -0.4 is 11.1 Å². The van der Waals surface area contributed by atoms with E-state index in [1.807, 2.05) is 6.92 Å². The topological polar surface area (TPSA) is 55.1 Å². The number of carbonyl (C=O) groups is 1. The van der Waals surface area contributed by atoms with E-state index in [2.05, 4.69) is 5.32 Å². The summed E-state index contributed by atoms with van der Waals surface area (Å²) < 4.78 is 13.3. The molecule has 1 aromatic rings. The lowest BCUT2D eigenvalue weighted by Gasteiger charge is -2.09. The lowest BCUT2D eigenvalue weighted by atomic mass is 10.1. The van der Waals surface area contributed by atoms with Crippen molar-refractivity contribution in [2.75, 3.05) is 5.32 Å². The van der Waals surface area contributed by atoms with Gasteiger partial charge in [0.2, 0.25) is 5.91 Å². The Balaban J connectivity index is 2.68. The van der Waals surface area contributed by atoms with Crippen LogP contribution in [0.2, 0.25) is 5.02 Å². The van der Waals surface area contributed by atoms with Gasteiger partial charge in [0.25, 0.3) is 0 Å². The molecule has 1 aromatic carbocycles. The zero-order valence-corrected chi connectivity index (χ0v) is 10.6. The van der Waals surface area contributed by atoms with Gasteiger partial charge in [-0.2, -0.15) is 0 Å². The highest BCUT2D eigenvalue weighted by atomic mass is 35.5. The molecule has 0 saturated heterocycles.